The van der Waals surface area contributed by atoms with E-state index in [1.165, 1.54) is 18.7 Å². The van der Waals surface area contributed by atoms with Gasteiger partial charge in [0.2, 0.25) is 0 Å². The molecule has 0 aliphatic carbocycles. The number of anilines is 1. The summed E-state index contributed by atoms with van der Waals surface area (Å²) in [7, 11) is 0. The fraction of sp³-hybridized carbons (Fsp3) is 0.538. The Bertz CT molecular complexity index is 295. The highest BCUT2D eigenvalue weighted by atomic mass is 15.2. The molecule has 0 spiro atoms. The Morgan fingerprint density at radius 2 is 2.00 bits per heavy atom. The van der Waals surface area contributed by atoms with Crippen LogP contribution in [-0.2, 0) is 0 Å². The van der Waals surface area contributed by atoms with Gasteiger partial charge in [0.05, 0.1) is 0 Å². The number of benzene rings is 1. The number of hydrogen-bond acceptors (Lipinski definition) is 2. The molecule has 1 saturated heterocycles. The molecule has 15 heavy (non-hydrogen) atoms. The molecule has 2 rings (SSSR count). The molecule has 1 aromatic rings. The third kappa shape index (κ3) is 2.72. The van der Waals surface area contributed by atoms with Crippen molar-refractivity contribution in [3.05, 3.63) is 30.3 Å². The molecule has 1 unspecified atom stereocenters. The standard InChI is InChI=1S/C13H20N2/c1-11(2)14-12-8-9-15(10-12)13-6-4-3-5-7-13/h3-7,11-12,14H,8-10H2,1-2H3. The lowest BCUT2D eigenvalue weighted by Gasteiger charge is -2.20. The van der Waals surface area contributed by atoms with Crippen LogP contribution in [0.1, 0.15) is 20.3 Å². The van der Waals surface area contributed by atoms with Crippen LogP contribution in [0.4, 0.5) is 5.69 Å². The molecule has 1 N–H and O–H groups in total. The molecule has 1 aliphatic heterocycles. The van der Waals surface area contributed by atoms with Gasteiger partial charge in [0.25, 0.3) is 0 Å². The number of nitrogens with zero attached hydrogens (tertiary/aromatic N) is 1. The van der Waals surface area contributed by atoms with Crippen molar-refractivity contribution in [2.45, 2.75) is 32.4 Å². The second-order valence-corrected chi connectivity index (χ2v) is 4.59. The van der Waals surface area contributed by atoms with E-state index in [1.807, 2.05) is 0 Å². The molecule has 82 valence electrons. The highest BCUT2D eigenvalue weighted by Crippen LogP contribution is 2.19. The van der Waals surface area contributed by atoms with Crippen LogP contribution in [0, 0.1) is 0 Å². The van der Waals surface area contributed by atoms with Crippen molar-refractivity contribution in [3.8, 4) is 0 Å². The molecule has 0 aromatic heterocycles. The first-order valence-electron chi connectivity index (χ1n) is 5.82. The van der Waals surface area contributed by atoms with Crippen LogP contribution in [0.25, 0.3) is 0 Å². The second-order valence-electron chi connectivity index (χ2n) is 4.59. The molecule has 1 aliphatic rings. The molecule has 1 atom stereocenters. The van der Waals surface area contributed by atoms with E-state index in [4.69, 9.17) is 0 Å². The fourth-order valence-corrected chi connectivity index (χ4v) is 2.24. The predicted octanol–water partition coefficient (Wildman–Crippen LogP) is 2.26. The van der Waals surface area contributed by atoms with Crippen molar-refractivity contribution in [2.75, 3.05) is 18.0 Å². The quantitative estimate of drug-likeness (QED) is 0.812. The molecule has 0 bridgehead atoms. The summed E-state index contributed by atoms with van der Waals surface area (Å²) in [5.41, 5.74) is 1.35. The van der Waals surface area contributed by atoms with Crippen LogP contribution in [0.3, 0.4) is 0 Å². The van der Waals surface area contributed by atoms with E-state index in [0.29, 0.717) is 12.1 Å². The number of para-hydroxylation sites is 1. The zero-order valence-corrected chi connectivity index (χ0v) is 9.61. The minimum absolute atomic E-state index is 0.589. The Labute approximate surface area is 92.3 Å². The minimum Gasteiger partial charge on any atom is -0.370 e. The van der Waals surface area contributed by atoms with E-state index < -0.39 is 0 Å². The lowest BCUT2D eigenvalue weighted by atomic mass is 10.2. The first-order chi connectivity index (χ1) is 7.25. The fourth-order valence-electron chi connectivity index (χ4n) is 2.24. The number of hydrogen-bond donors (Lipinski definition) is 1. The van der Waals surface area contributed by atoms with Crippen molar-refractivity contribution >= 4 is 5.69 Å². The van der Waals surface area contributed by atoms with Gasteiger partial charge < -0.3 is 10.2 Å². The summed E-state index contributed by atoms with van der Waals surface area (Å²) >= 11 is 0. The van der Waals surface area contributed by atoms with Crippen molar-refractivity contribution < 1.29 is 0 Å². The van der Waals surface area contributed by atoms with E-state index in [1.54, 1.807) is 0 Å². The van der Waals surface area contributed by atoms with E-state index in [9.17, 15) is 0 Å². The van der Waals surface area contributed by atoms with E-state index in [2.05, 4.69) is 54.4 Å². The Hall–Kier alpha value is -1.02. The maximum atomic E-state index is 3.60. The molecular weight excluding hydrogens is 184 g/mol. The first-order valence-corrected chi connectivity index (χ1v) is 5.82. The van der Waals surface area contributed by atoms with Crippen LogP contribution in [0.2, 0.25) is 0 Å². The van der Waals surface area contributed by atoms with Gasteiger partial charge in [0.15, 0.2) is 0 Å². The van der Waals surface area contributed by atoms with Gasteiger partial charge >= 0.3 is 0 Å². The van der Waals surface area contributed by atoms with Crippen molar-refractivity contribution in [3.63, 3.8) is 0 Å². The monoisotopic (exact) mass is 204 g/mol. The summed E-state index contributed by atoms with van der Waals surface area (Å²) in [4.78, 5) is 2.46. The molecule has 2 nitrogen and oxygen atoms in total. The lowest BCUT2D eigenvalue weighted by Crippen LogP contribution is -2.36. The minimum atomic E-state index is 0.589. The van der Waals surface area contributed by atoms with Crippen LogP contribution in [0.5, 0.6) is 0 Å². The van der Waals surface area contributed by atoms with E-state index in [-0.39, 0.29) is 0 Å². The average Bonchev–Trinajstić information content (AvgIpc) is 2.67. The largest absolute Gasteiger partial charge is 0.370 e. The highest BCUT2D eigenvalue weighted by Gasteiger charge is 2.22. The normalized spacial score (nSPS) is 21.3. The molecule has 0 saturated carbocycles. The van der Waals surface area contributed by atoms with Crippen molar-refractivity contribution in [1.82, 2.24) is 5.32 Å². The van der Waals surface area contributed by atoms with Gasteiger partial charge in [-0.1, -0.05) is 32.0 Å². The zero-order valence-electron chi connectivity index (χ0n) is 9.61. The van der Waals surface area contributed by atoms with Gasteiger partial charge in [0.1, 0.15) is 0 Å². The van der Waals surface area contributed by atoms with E-state index in [0.717, 1.165) is 6.54 Å². The van der Waals surface area contributed by atoms with Crippen LogP contribution in [0.15, 0.2) is 30.3 Å². The third-order valence-electron chi connectivity index (χ3n) is 2.88. The highest BCUT2D eigenvalue weighted by molar-refractivity contribution is 5.47. The lowest BCUT2D eigenvalue weighted by molar-refractivity contribution is 0.492. The van der Waals surface area contributed by atoms with E-state index >= 15 is 0 Å². The van der Waals surface area contributed by atoms with Gasteiger partial charge in [-0.15, -0.1) is 0 Å². The third-order valence-corrected chi connectivity index (χ3v) is 2.88. The maximum Gasteiger partial charge on any atom is 0.0366 e. The summed E-state index contributed by atoms with van der Waals surface area (Å²) in [5, 5.41) is 3.60. The smallest absolute Gasteiger partial charge is 0.0366 e. The maximum absolute atomic E-state index is 3.60. The zero-order chi connectivity index (χ0) is 10.7. The van der Waals surface area contributed by atoms with Crippen molar-refractivity contribution in [2.24, 2.45) is 0 Å². The van der Waals surface area contributed by atoms with Gasteiger partial charge in [-0.3, -0.25) is 0 Å². The number of rotatable bonds is 3. The molecule has 1 fully saturated rings. The summed E-state index contributed by atoms with van der Waals surface area (Å²) in [5.74, 6) is 0. The van der Waals surface area contributed by atoms with Gasteiger partial charge in [-0.2, -0.15) is 0 Å². The molecule has 0 radical (unpaired) electrons. The second kappa shape index (κ2) is 4.67. The molecule has 1 aromatic carbocycles. The Kier molecular flexibility index (Phi) is 3.27. The Morgan fingerprint density at radius 1 is 1.27 bits per heavy atom. The summed E-state index contributed by atoms with van der Waals surface area (Å²) in [6, 6.07) is 11.9. The van der Waals surface area contributed by atoms with Crippen LogP contribution >= 0.6 is 0 Å². The summed E-state index contributed by atoms with van der Waals surface area (Å²) in [6.45, 7) is 6.74. The van der Waals surface area contributed by atoms with Crippen LogP contribution < -0.4 is 10.2 Å². The average molecular weight is 204 g/mol. The van der Waals surface area contributed by atoms with Crippen molar-refractivity contribution in [1.29, 1.82) is 0 Å². The molecule has 2 heteroatoms. The van der Waals surface area contributed by atoms with Gasteiger partial charge in [-0.25, -0.2) is 0 Å². The Balaban J connectivity index is 1.93. The topological polar surface area (TPSA) is 15.3 Å². The van der Waals surface area contributed by atoms with Gasteiger partial charge in [-0.05, 0) is 18.6 Å². The number of nitrogens with one attached hydrogen (secondary N) is 1. The molecule has 0 amide bonds. The Morgan fingerprint density at radius 3 is 2.67 bits per heavy atom. The molecule has 1 heterocycles. The first kappa shape index (κ1) is 10.5. The van der Waals surface area contributed by atoms with Crippen LogP contribution in [-0.4, -0.2) is 25.2 Å². The summed E-state index contributed by atoms with van der Waals surface area (Å²) < 4.78 is 0. The predicted molar refractivity (Wildman–Crippen MR) is 65.3 cm³/mol. The summed E-state index contributed by atoms with van der Waals surface area (Å²) in [6.07, 6.45) is 1.26. The SMILES string of the molecule is CC(C)NC1CCN(c2ccccc2)C1. The molecular formula is C13H20N2. The van der Waals surface area contributed by atoms with Gasteiger partial charge in [0, 0.05) is 30.9 Å².